The Hall–Kier alpha value is -2.10. The zero-order chi connectivity index (χ0) is 11.3. The molecular formula is C11H11NO3. The first-order valence-corrected chi connectivity index (χ1v) is 4.29. The number of hydrogen-bond acceptors (Lipinski definition) is 3. The van der Waals surface area contributed by atoms with Crippen LogP contribution in [0.15, 0.2) is 30.3 Å². The van der Waals surface area contributed by atoms with E-state index in [0.29, 0.717) is 5.56 Å². The lowest BCUT2D eigenvalue weighted by Gasteiger charge is -1.98. The van der Waals surface area contributed by atoms with Gasteiger partial charge in [-0.2, -0.15) is 0 Å². The van der Waals surface area contributed by atoms with Crippen LogP contribution >= 0.6 is 0 Å². The number of benzene rings is 1. The highest BCUT2D eigenvalue weighted by atomic mass is 16.5. The summed E-state index contributed by atoms with van der Waals surface area (Å²) in [6, 6.07) is 6.64. The second-order valence-electron chi connectivity index (χ2n) is 2.85. The number of rotatable bonds is 3. The van der Waals surface area contributed by atoms with Gasteiger partial charge in [0.1, 0.15) is 0 Å². The van der Waals surface area contributed by atoms with Gasteiger partial charge in [-0.05, 0) is 23.8 Å². The van der Waals surface area contributed by atoms with Gasteiger partial charge >= 0.3 is 5.97 Å². The summed E-state index contributed by atoms with van der Waals surface area (Å²) in [7, 11) is 1.32. The molecule has 4 heteroatoms. The molecule has 1 amide bonds. The van der Waals surface area contributed by atoms with Gasteiger partial charge in [-0.1, -0.05) is 12.1 Å². The van der Waals surface area contributed by atoms with Gasteiger partial charge in [0, 0.05) is 6.08 Å². The van der Waals surface area contributed by atoms with Crippen LogP contribution in [-0.4, -0.2) is 19.0 Å². The highest BCUT2D eigenvalue weighted by molar-refractivity contribution is 5.91. The molecule has 0 aromatic heterocycles. The Morgan fingerprint density at radius 3 is 2.33 bits per heavy atom. The van der Waals surface area contributed by atoms with Crippen molar-refractivity contribution in [3.05, 3.63) is 41.5 Å². The fourth-order valence-corrected chi connectivity index (χ4v) is 1.03. The Balaban J connectivity index is 2.81. The smallest absolute Gasteiger partial charge is 0.337 e. The molecule has 0 unspecified atom stereocenters. The van der Waals surface area contributed by atoms with E-state index in [2.05, 4.69) is 4.74 Å². The summed E-state index contributed by atoms with van der Waals surface area (Å²) in [6.45, 7) is 0. The third-order valence-corrected chi connectivity index (χ3v) is 1.77. The predicted octanol–water partition coefficient (Wildman–Crippen LogP) is 0.972. The maximum Gasteiger partial charge on any atom is 0.337 e. The number of carbonyl (C=O) groups is 2. The molecule has 0 spiro atoms. The second kappa shape index (κ2) is 4.95. The largest absolute Gasteiger partial charge is 0.465 e. The summed E-state index contributed by atoms with van der Waals surface area (Å²) >= 11 is 0. The van der Waals surface area contributed by atoms with Crippen molar-refractivity contribution in [1.82, 2.24) is 0 Å². The van der Waals surface area contributed by atoms with Crippen LogP contribution in [0.25, 0.3) is 6.08 Å². The van der Waals surface area contributed by atoms with Crippen molar-refractivity contribution in [1.29, 1.82) is 0 Å². The SMILES string of the molecule is COC(=O)c1ccc(/C=C/C(N)=O)cc1. The van der Waals surface area contributed by atoms with Crippen LogP contribution < -0.4 is 5.73 Å². The fraction of sp³-hybridized carbons (Fsp3) is 0.0909. The number of esters is 1. The molecule has 4 nitrogen and oxygen atoms in total. The summed E-state index contributed by atoms with van der Waals surface area (Å²) < 4.78 is 4.54. The summed E-state index contributed by atoms with van der Waals surface area (Å²) in [5, 5.41) is 0. The van der Waals surface area contributed by atoms with Gasteiger partial charge in [-0.3, -0.25) is 4.79 Å². The molecule has 0 fully saturated rings. The summed E-state index contributed by atoms with van der Waals surface area (Å²) in [6.07, 6.45) is 2.83. The molecule has 0 aliphatic heterocycles. The monoisotopic (exact) mass is 205 g/mol. The molecule has 0 saturated carbocycles. The van der Waals surface area contributed by atoms with Gasteiger partial charge in [0.15, 0.2) is 0 Å². The molecule has 2 N–H and O–H groups in total. The topological polar surface area (TPSA) is 69.4 Å². The zero-order valence-electron chi connectivity index (χ0n) is 8.27. The van der Waals surface area contributed by atoms with Crippen molar-refractivity contribution in [2.24, 2.45) is 5.73 Å². The number of hydrogen-bond donors (Lipinski definition) is 1. The van der Waals surface area contributed by atoms with Crippen molar-refractivity contribution >= 4 is 18.0 Å². The van der Waals surface area contributed by atoms with Crippen molar-refractivity contribution < 1.29 is 14.3 Å². The van der Waals surface area contributed by atoms with E-state index in [-0.39, 0.29) is 5.97 Å². The quantitative estimate of drug-likeness (QED) is 0.590. The lowest BCUT2D eigenvalue weighted by molar-refractivity contribution is -0.113. The maximum absolute atomic E-state index is 11.1. The molecule has 1 aromatic rings. The van der Waals surface area contributed by atoms with Crippen LogP contribution in [0.1, 0.15) is 15.9 Å². The van der Waals surface area contributed by atoms with Gasteiger partial charge in [0.2, 0.25) is 5.91 Å². The summed E-state index contributed by atoms with van der Waals surface area (Å²) in [4.78, 5) is 21.5. The van der Waals surface area contributed by atoms with Gasteiger partial charge in [-0.25, -0.2) is 4.79 Å². The van der Waals surface area contributed by atoms with Crippen LogP contribution in [0.5, 0.6) is 0 Å². The van der Waals surface area contributed by atoms with E-state index in [0.717, 1.165) is 5.56 Å². The zero-order valence-corrected chi connectivity index (χ0v) is 8.27. The van der Waals surface area contributed by atoms with E-state index in [1.54, 1.807) is 30.3 Å². The molecular weight excluding hydrogens is 194 g/mol. The number of primary amides is 1. The Morgan fingerprint density at radius 1 is 1.27 bits per heavy atom. The first-order valence-electron chi connectivity index (χ1n) is 4.29. The number of nitrogens with two attached hydrogens (primary N) is 1. The molecule has 0 atom stereocenters. The minimum atomic E-state index is -0.507. The number of carbonyl (C=O) groups excluding carboxylic acids is 2. The van der Waals surface area contributed by atoms with Crippen LogP contribution in [-0.2, 0) is 9.53 Å². The van der Waals surface area contributed by atoms with Crippen LogP contribution in [0, 0.1) is 0 Å². The van der Waals surface area contributed by atoms with E-state index in [1.165, 1.54) is 13.2 Å². The van der Waals surface area contributed by atoms with E-state index in [9.17, 15) is 9.59 Å². The Kier molecular flexibility index (Phi) is 3.62. The first-order chi connectivity index (χ1) is 7.13. The molecule has 1 rings (SSSR count). The Morgan fingerprint density at radius 2 is 1.87 bits per heavy atom. The highest BCUT2D eigenvalue weighted by Crippen LogP contribution is 2.06. The molecule has 78 valence electrons. The third kappa shape index (κ3) is 3.27. The number of ether oxygens (including phenoxy) is 1. The molecule has 0 aliphatic carbocycles. The Labute approximate surface area is 87.3 Å². The van der Waals surface area contributed by atoms with E-state index in [4.69, 9.17) is 5.73 Å². The van der Waals surface area contributed by atoms with Gasteiger partial charge in [0.25, 0.3) is 0 Å². The van der Waals surface area contributed by atoms with Crippen LogP contribution in [0.4, 0.5) is 0 Å². The van der Waals surface area contributed by atoms with Crippen molar-refractivity contribution in [3.63, 3.8) is 0 Å². The third-order valence-electron chi connectivity index (χ3n) is 1.77. The van der Waals surface area contributed by atoms with E-state index in [1.807, 2.05) is 0 Å². The highest BCUT2D eigenvalue weighted by Gasteiger charge is 2.02. The second-order valence-corrected chi connectivity index (χ2v) is 2.85. The van der Waals surface area contributed by atoms with E-state index >= 15 is 0 Å². The minimum absolute atomic E-state index is 0.388. The van der Waals surface area contributed by atoms with Crippen LogP contribution in [0.2, 0.25) is 0 Å². The standard InChI is InChI=1S/C11H11NO3/c1-15-11(14)9-5-2-8(3-6-9)4-7-10(12)13/h2-7H,1H3,(H2,12,13)/b7-4+. The average molecular weight is 205 g/mol. The van der Waals surface area contributed by atoms with Gasteiger partial charge in [-0.15, -0.1) is 0 Å². The normalized spacial score (nSPS) is 10.2. The first kappa shape index (κ1) is 11.0. The van der Waals surface area contributed by atoms with E-state index < -0.39 is 5.91 Å². The van der Waals surface area contributed by atoms with Crippen molar-refractivity contribution in [2.45, 2.75) is 0 Å². The molecule has 0 bridgehead atoms. The molecule has 0 heterocycles. The molecule has 0 aliphatic rings. The fourth-order valence-electron chi connectivity index (χ4n) is 1.03. The van der Waals surface area contributed by atoms with Crippen molar-refractivity contribution in [3.8, 4) is 0 Å². The average Bonchev–Trinajstić information content (AvgIpc) is 2.26. The summed E-state index contributed by atoms with van der Waals surface area (Å²) in [5.74, 6) is -0.896. The Bertz CT molecular complexity index is 393. The lowest BCUT2D eigenvalue weighted by Crippen LogP contribution is -2.05. The van der Waals surface area contributed by atoms with Gasteiger partial charge < -0.3 is 10.5 Å². The predicted molar refractivity (Wildman–Crippen MR) is 56.0 cm³/mol. The van der Waals surface area contributed by atoms with Gasteiger partial charge in [0.05, 0.1) is 12.7 Å². The van der Waals surface area contributed by atoms with Crippen molar-refractivity contribution in [2.75, 3.05) is 7.11 Å². The molecule has 1 aromatic carbocycles. The minimum Gasteiger partial charge on any atom is -0.465 e. The van der Waals surface area contributed by atoms with Crippen LogP contribution in [0.3, 0.4) is 0 Å². The molecule has 15 heavy (non-hydrogen) atoms. The number of amides is 1. The maximum atomic E-state index is 11.1. The number of methoxy groups -OCH3 is 1. The molecule has 0 saturated heterocycles. The summed E-state index contributed by atoms with van der Waals surface area (Å²) in [5.41, 5.74) is 6.20. The lowest BCUT2D eigenvalue weighted by atomic mass is 10.1. The molecule has 0 radical (unpaired) electrons.